The first-order chi connectivity index (χ1) is 14.7. The molecule has 11 heteroatoms. The lowest BCUT2D eigenvalue weighted by molar-refractivity contribution is -0.124. The minimum Gasteiger partial charge on any atom is -0.366 e. The monoisotopic (exact) mass is 422 g/mol. The standard InChI is InChI=1S/C20H22N8O3/c1-20(2)7-8-27(19(20)31)17-14(11-26(3)25-17)24-18(30)13-5-4-6-15(23-13)28-10-12(9-22-28)16(21)29/h4-6,9-11H,7-8H2,1-3H3,(H2,21,29)(H,24,30). The minimum absolute atomic E-state index is 0.0363. The van der Waals surface area contributed by atoms with Gasteiger partial charge in [0.1, 0.15) is 11.4 Å². The van der Waals surface area contributed by atoms with Crippen molar-refractivity contribution in [1.29, 1.82) is 0 Å². The smallest absolute Gasteiger partial charge is 0.274 e. The number of hydrogen-bond acceptors (Lipinski definition) is 6. The Bertz CT molecular complexity index is 1190. The number of aryl methyl sites for hydroxylation is 1. The van der Waals surface area contributed by atoms with Crippen molar-refractivity contribution in [3.8, 4) is 5.82 Å². The van der Waals surface area contributed by atoms with Gasteiger partial charge in [-0.15, -0.1) is 0 Å². The van der Waals surface area contributed by atoms with Gasteiger partial charge >= 0.3 is 0 Å². The van der Waals surface area contributed by atoms with Gasteiger partial charge in [0.05, 0.1) is 18.0 Å². The third kappa shape index (κ3) is 3.77. The number of amides is 3. The largest absolute Gasteiger partial charge is 0.366 e. The van der Waals surface area contributed by atoms with E-state index in [-0.39, 0.29) is 17.2 Å². The number of primary amides is 1. The Balaban J connectivity index is 1.58. The van der Waals surface area contributed by atoms with Crippen LogP contribution in [0.25, 0.3) is 5.82 Å². The number of hydrogen-bond donors (Lipinski definition) is 2. The summed E-state index contributed by atoms with van der Waals surface area (Å²) in [5.41, 5.74) is 5.57. The van der Waals surface area contributed by atoms with Crippen LogP contribution in [0.15, 0.2) is 36.8 Å². The first-order valence-electron chi connectivity index (χ1n) is 9.64. The summed E-state index contributed by atoms with van der Waals surface area (Å²) in [5.74, 6) is -0.359. The van der Waals surface area contributed by atoms with E-state index in [0.29, 0.717) is 30.3 Å². The van der Waals surface area contributed by atoms with E-state index in [4.69, 9.17) is 5.73 Å². The second-order valence-corrected chi connectivity index (χ2v) is 8.00. The van der Waals surface area contributed by atoms with Crippen molar-refractivity contribution in [2.75, 3.05) is 16.8 Å². The lowest BCUT2D eigenvalue weighted by Gasteiger charge is -2.18. The molecular formula is C20H22N8O3. The number of nitrogens with zero attached hydrogens (tertiary/aromatic N) is 6. The molecule has 3 aromatic rings. The van der Waals surface area contributed by atoms with E-state index in [9.17, 15) is 14.4 Å². The highest BCUT2D eigenvalue weighted by molar-refractivity contribution is 6.07. The maximum absolute atomic E-state index is 12.9. The van der Waals surface area contributed by atoms with Gasteiger partial charge in [-0.05, 0) is 18.6 Å². The molecule has 0 saturated carbocycles. The molecule has 0 bridgehead atoms. The normalized spacial score (nSPS) is 15.3. The van der Waals surface area contributed by atoms with E-state index >= 15 is 0 Å². The lowest BCUT2D eigenvalue weighted by atomic mass is 9.92. The number of carbonyl (C=O) groups excluding carboxylic acids is 3. The molecular weight excluding hydrogens is 400 g/mol. The van der Waals surface area contributed by atoms with Crippen LogP contribution in [-0.4, -0.2) is 48.8 Å². The summed E-state index contributed by atoms with van der Waals surface area (Å²) in [6.45, 7) is 4.32. The second kappa shape index (κ2) is 7.35. The average Bonchev–Trinajstić information content (AvgIpc) is 3.41. The number of carbonyl (C=O) groups is 3. The topological polar surface area (TPSA) is 141 Å². The van der Waals surface area contributed by atoms with Crippen LogP contribution in [0.1, 0.15) is 41.1 Å². The van der Waals surface area contributed by atoms with E-state index in [0.717, 1.165) is 0 Å². The third-order valence-corrected chi connectivity index (χ3v) is 5.17. The van der Waals surface area contributed by atoms with E-state index in [1.54, 1.807) is 41.0 Å². The van der Waals surface area contributed by atoms with Crippen molar-refractivity contribution in [1.82, 2.24) is 24.5 Å². The molecule has 4 rings (SSSR count). The molecule has 31 heavy (non-hydrogen) atoms. The zero-order valence-corrected chi connectivity index (χ0v) is 17.4. The molecule has 0 unspecified atom stereocenters. The molecule has 3 amide bonds. The number of pyridine rings is 1. The molecule has 3 N–H and O–H groups in total. The van der Waals surface area contributed by atoms with E-state index < -0.39 is 17.2 Å². The first kappa shape index (κ1) is 20.3. The summed E-state index contributed by atoms with van der Waals surface area (Å²) in [6.07, 6.45) is 5.11. The molecule has 0 spiro atoms. The summed E-state index contributed by atoms with van der Waals surface area (Å²) in [7, 11) is 1.72. The van der Waals surface area contributed by atoms with Crippen molar-refractivity contribution < 1.29 is 14.4 Å². The van der Waals surface area contributed by atoms with Crippen molar-refractivity contribution in [3.05, 3.63) is 48.0 Å². The summed E-state index contributed by atoms with van der Waals surface area (Å²) in [5, 5.41) is 11.2. The summed E-state index contributed by atoms with van der Waals surface area (Å²) < 4.78 is 2.90. The van der Waals surface area contributed by atoms with Crippen LogP contribution in [0, 0.1) is 5.41 Å². The van der Waals surface area contributed by atoms with Crippen LogP contribution >= 0.6 is 0 Å². The zero-order valence-electron chi connectivity index (χ0n) is 17.4. The van der Waals surface area contributed by atoms with Gasteiger partial charge in [-0.2, -0.15) is 10.2 Å². The highest BCUT2D eigenvalue weighted by Crippen LogP contribution is 2.36. The SMILES string of the molecule is Cn1cc(NC(=O)c2cccc(-n3cc(C(N)=O)cn3)n2)c(N2CCC(C)(C)C2=O)n1. The van der Waals surface area contributed by atoms with Crippen molar-refractivity contribution in [2.45, 2.75) is 20.3 Å². The highest BCUT2D eigenvalue weighted by Gasteiger charge is 2.41. The van der Waals surface area contributed by atoms with Gasteiger partial charge in [-0.3, -0.25) is 24.0 Å². The third-order valence-electron chi connectivity index (χ3n) is 5.17. The Kier molecular flexibility index (Phi) is 4.80. The Morgan fingerprint density at radius 2 is 2.00 bits per heavy atom. The summed E-state index contributed by atoms with van der Waals surface area (Å²) in [4.78, 5) is 42.8. The second-order valence-electron chi connectivity index (χ2n) is 8.00. The molecule has 1 aliphatic rings. The minimum atomic E-state index is -0.608. The molecule has 1 aliphatic heterocycles. The molecule has 0 aliphatic carbocycles. The van der Waals surface area contributed by atoms with Crippen LogP contribution in [0.5, 0.6) is 0 Å². The van der Waals surface area contributed by atoms with Crippen LogP contribution in [-0.2, 0) is 11.8 Å². The fourth-order valence-electron chi connectivity index (χ4n) is 3.37. The summed E-state index contributed by atoms with van der Waals surface area (Å²) >= 11 is 0. The highest BCUT2D eigenvalue weighted by atomic mass is 16.2. The number of rotatable bonds is 5. The maximum atomic E-state index is 12.9. The molecule has 1 saturated heterocycles. The van der Waals surface area contributed by atoms with Gasteiger partial charge in [0.2, 0.25) is 5.91 Å². The number of aromatic nitrogens is 5. The predicted molar refractivity (Wildman–Crippen MR) is 112 cm³/mol. The fourth-order valence-corrected chi connectivity index (χ4v) is 3.37. The van der Waals surface area contributed by atoms with E-state index in [2.05, 4.69) is 20.5 Å². The molecule has 3 aromatic heterocycles. The number of anilines is 2. The Morgan fingerprint density at radius 1 is 1.23 bits per heavy atom. The van der Waals surface area contributed by atoms with Gasteiger partial charge in [0.25, 0.3) is 11.8 Å². The lowest BCUT2D eigenvalue weighted by Crippen LogP contribution is -2.32. The van der Waals surface area contributed by atoms with Crippen molar-refractivity contribution >= 4 is 29.2 Å². The van der Waals surface area contributed by atoms with Crippen LogP contribution in [0.4, 0.5) is 11.5 Å². The van der Waals surface area contributed by atoms with Gasteiger partial charge in [0, 0.05) is 25.2 Å². The molecule has 0 radical (unpaired) electrons. The van der Waals surface area contributed by atoms with Gasteiger partial charge in [-0.25, -0.2) is 9.67 Å². The Labute approximate surface area is 177 Å². The Hall–Kier alpha value is -4.02. The maximum Gasteiger partial charge on any atom is 0.274 e. The first-order valence-corrected chi connectivity index (χ1v) is 9.64. The number of nitrogens with one attached hydrogen (secondary N) is 1. The van der Waals surface area contributed by atoms with Crippen molar-refractivity contribution in [3.63, 3.8) is 0 Å². The fraction of sp³-hybridized carbons (Fsp3) is 0.300. The zero-order chi connectivity index (χ0) is 22.3. The van der Waals surface area contributed by atoms with E-state index in [1.165, 1.54) is 17.1 Å². The molecule has 0 atom stereocenters. The van der Waals surface area contributed by atoms with Gasteiger partial charge in [-0.1, -0.05) is 19.9 Å². The van der Waals surface area contributed by atoms with E-state index in [1.807, 2.05) is 13.8 Å². The van der Waals surface area contributed by atoms with Crippen LogP contribution in [0.2, 0.25) is 0 Å². The predicted octanol–water partition coefficient (Wildman–Crippen LogP) is 1.11. The van der Waals surface area contributed by atoms with Gasteiger partial charge in [0.15, 0.2) is 11.6 Å². The average molecular weight is 422 g/mol. The van der Waals surface area contributed by atoms with Crippen LogP contribution < -0.4 is 16.0 Å². The van der Waals surface area contributed by atoms with Crippen LogP contribution in [0.3, 0.4) is 0 Å². The summed E-state index contributed by atoms with van der Waals surface area (Å²) in [6, 6.07) is 4.85. The Morgan fingerprint density at radius 3 is 2.65 bits per heavy atom. The number of nitrogens with two attached hydrogens (primary N) is 1. The molecule has 11 nitrogen and oxygen atoms in total. The quantitative estimate of drug-likeness (QED) is 0.631. The molecule has 1 fully saturated rings. The molecule has 0 aromatic carbocycles. The van der Waals surface area contributed by atoms with Crippen molar-refractivity contribution in [2.24, 2.45) is 18.2 Å². The molecule has 160 valence electrons. The molecule has 4 heterocycles. The van der Waals surface area contributed by atoms with Gasteiger partial charge < -0.3 is 11.1 Å².